The molecule has 4 heteroatoms. The van der Waals surface area contributed by atoms with Crippen LogP contribution in [0.2, 0.25) is 5.02 Å². The standard InChI is InChI=1S/C15H22ClFN2/c1-14(2)8-11(9-15(3,4)19-14)18-13-6-5-10(16)7-12(13)17/h5-7,11,18-19H,8-9H2,1-4H3. The minimum absolute atomic E-state index is 0.0440. The van der Waals surface area contributed by atoms with Crippen molar-refractivity contribution in [3.63, 3.8) is 0 Å². The number of rotatable bonds is 2. The molecular weight excluding hydrogens is 263 g/mol. The Bertz CT molecular complexity index is 455. The summed E-state index contributed by atoms with van der Waals surface area (Å²) in [6, 6.07) is 5.02. The van der Waals surface area contributed by atoms with Crippen LogP contribution < -0.4 is 10.6 Å². The Kier molecular flexibility index (Phi) is 3.80. The highest BCUT2D eigenvalue weighted by Gasteiger charge is 2.37. The fraction of sp³-hybridized carbons (Fsp3) is 0.600. The van der Waals surface area contributed by atoms with Crippen LogP contribution >= 0.6 is 11.6 Å². The molecule has 0 aliphatic carbocycles. The first-order valence-electron chi connectivity index (χ1n) is 6.68. The van der Waals surface area contributed by atoms with Gasteiger partial charge in [0.2, 0.25) is 0 Å². The molecule has 0 spiro atoms. The lowest BCUT2D eigenvalue weighted by Crippen LogP contribution is -2.60. The Morgan fingerprint density at radius 1 is 1.21 bits per heavy atom. The maximum Gasteiger partial charge on any atom is 0.147 e. The predicted octanol–water partition coefficient (Wildman–Crippen LogP) is 4.20. The third-order valence-electron chi connectivity index (χ3n) is 3.48. The van der Waals surface area contributed by atoms with E-state index in [2.05, 4.69) is 38.3 Å². The molecule has 1 aromatic rings. The summed E-state index contributed by atoms with van der Waals surface area (Å²) < 4.78 is 13.8. The fourth-order valence-corrected chi connectivity index (χ4v) is 3.41. The van der Waals surface area contributed by atoms with Gasteiger partial charge in [0, 0.05) is 22.1 Å². The van der Waals surface area contributed by atoms with Crippen LogP contribution in [-0.4, -0.2) is 17.1 Å². The lowest BCUT2D eigenvalue weighted by atomic mass is 9.79. The summed E-state index contributed by atoms with van der Waals surface area (Å²) in [5, 5.41) is 7.36. The van der Waals surface area contributed by atoms with Gasteiger partial charge in [-0.2, -0.15) is 0 Å². The van der Waals surface area contributed by atoms with E-state index in [0.29, 0.717) is 10.7 Å². The number of hydrogen-bond acceptors (Lipinski definition) is 2. The van der Waals surface area contributed by atoms with E-state index in [1.165, 1.54) is 6.07 Å². The predicted molar refractivity (Wildman–Crippen MR) is 79.3 cm³/mol. The van der Waals surface area contributed by atoms with E-state index in [1.807, 2.05) is 0 Å². The van der Waals surface area contributed by atoms with Gasteiger partial charge in [0.05, 0.1) is 5.69 Å². The largest absolute Gasteiger partial charge is 0.380 e. The van der Waals surface area contributed by atoms with Crippen molar-refractivity contribution < 1.29 is 4.39 Å². The van der Waals surface area contributed by atoms with Gasteiger partial charge in [-0.25, -0.2) is 4.39 Å². The molecule has 0 atom stereocenters. The minimum Gasteiger partial charge on any atom is -0.380 e. The van der Waals surface area contributed by atoms with E-state index in [1.54, 1.807) is 12.1 Å². The molecule has 19 heavy (non-hydrogen) atoms. The number of hydrogen-bond donors (Lipinski definition) is 2. The van der Waals surface area contributed by atoms with Crippen molar-refractivity contribution >= 4 is 17.3 Å². The van der Waals surface area contributed by atoms with Crippen LogP contribution in [0, 0.1) is 5.82 Å². The molecule has 2 rings (SSSR count). The van der Waals surface area contributed by atoms with Crippen LogP contribution in [0.5, 0.6) is 0 Å². The summed E-state index contributed by atoms with van der Waals surface area (Å²) in [4.78, 5) is 0. The lowest BCUT2D eigenvalue weighted by molar-refractivity contribution is 0.170. The molecule has 1 aliphatic rings. The Hall–Kier alpha value is -0.800. The maximum absolute atomic E-state index is 13.8. The van der Waals surface area contributed by atoms with Crippen molar-refractivity contribution in [2.24, 2.45) is 0 Å². The lowest BCUT2D eigenvalue weighted by Gasteiger charge is -2.47. The molecule has 1 saturated heterocycles. The summed E-state index contributed by atoms with van der Waals surface area (Å²) in [7, 11) is 0. The van der Waals surface area contributed by atoms with E-state index in [9.17, 15) is 4.39 Å². The molecule has 0 aromatic heterocycles. The van der Waals surface area contributed by atoms with Gasteiger partial charge in [-0.3, -0.25) is 0 Å². The maximum atomic E-state index is 13.8. The van der Waals surface area contributed by atoms with Crippen molar-refractivity contribution in [1.82, 2.24) is 5.32 Å². The van der Waals surface area contributed by atoms with Crippen LogP contribution in [0.1, 0.15) is 40.5 Å². The van der Waals surface area contributed by atoms with E-state index >= 15 is 0 Å². The van der Waals surface area contributed by atoms with Crippen LogP contribution in [0.4, 0.5) is 10.1 Å². The molecule has 0 bridgehead atoms. The monoisotopic (exact) mass is 284 g/mol. The van der Waals surface area contributed by atoms with Gasteiger partial charge in [0.15, 0.2) is 0 Å². The first-order valence-corrected chi connectivity index (χ1v) is 7.06. The summed E-state index contributed by atoms with van der Waals surface area (Å²) in [5.74, 6) is -0.290. The molecular formula is C15H22ClFN2. The van der Waals surface area contributed by atoms with E-state index in [0.717, 1.165) is 12.8 Å². The number of piperidine rings is 1. The third kappa shape index (κ3) is 3.83. The molecule has 0 unspecified atom stereocenters. The highest BCUT2D eigenvalue weighted by molar-refractivity contribution is 6.30. The average molecular weight is 285 g/mol. The zero-order valence-corrected chi connectivity index (χ0v) is 12.7. The van der Waals surface area contributed by atoms with Crippen LogP contribution in [0.3, 0.4) is 0 Å². The summed E-state index contributed by atoms with van der Waals surface area (Å²) in [6.07, 6.45) is 1.91. The Balaban J connectivity index is 2.14. The van der Waals surface area contributed by atoms with Gasteiger partial charge < -0.3 is 10.6 Å². The van der Waals surface area contributed by atoms with Crippen LogP contribution in [-0.2, 0) is 0 Å². The smallest absolute Gasteiger partial charge is 0.147 e. The van der Waals surface area contributed by atoms with Crippen LogP contribution in [0.15, 0.2) is 18.2 Å². The number of halogens is 2. The van der Waals surface area contributed by atoms with Gasteiger partial charge in [-0.05, 0) is 58.7 Å². The molecule has 1 fully saturated rings. The Labute approximate surface area is 119 Å². The van der Waals surface area contributed by atoms with Gasteiger partial charge in [-0.1, -0.05) is 11.6 Å². The van der Waals surface area contributed by atoms with Crippen molar-refractivity contribution in [2.75, 3.05) is 5.32 Å². The first kappa shape index (κ1) is 14.6. The Morgan fingerprint density at radius 3 is 2.32 bits per heavy atom. The second kappa shape index (κ2) is 4.95. The highest BCUT2D eigenvalue weighted by atomic mass is 35.5. The summed E-state index contributed by atoms with van der Waals surface area (Å²) in [6.45, 7) is 8.73. The quantitative estimate of drug-likeness (QED) is 0.850. The van der Waals surface area contributed by atoms with Crippen molar-refractivity contribution in [1.29, 1.82) is 0 Å². The summed E-state index contributed by atoms with van der Waals surface area (Å²) >= 11 is 5.77. The zero-order chi connectivity index (χ0) is 14.3. The van der Waals surface area contributed by atoms with Gasteiger partial charge in [-0.15, -0.1) is 0 Å². The first-order chi connectivity index (χ1) is 8.67. The molecule has 0 radical (unpaired) electrons. The zero-order valence-electron chi connectivity index (χ0n) is 12.0. The minimum atomic E-state index is -0.290. The molecule has 106 valence electrons. The SMILES string of the molecule is CC1(C)CC(Nc2ccc(Cl)cc2F)CC(C)(C)N1. The molecule has 1 aliphatic heterocycles. The molecule has 0 saturated carbocycles. The van der Waals surface area contributed by atoms with E-state index in [4.69, 9.17) is 11.6 Å². The molecule has 1 heterocycles. The van der Waals surface area contributed by atoms with E-state index < -0.39 is 0 Å². The normalized spacial score (nSPS) is 22.2. The number of nitrogens with one attached hydrogen (secondary N) is 2. The highest BCUT2D eigenvalue weighted by Crippen LogP contribution is 2.31. The fourth-order valence-electron chi connectivity index (χ4n) is 3.25. The topological polar surface area (TPSA) is 24.1 Å². The van der Waals surface area contributed by atoms with Gasteiger partial charge in [0.1, 0.15) is 5.82 Å². The second-order valence-electron chi connectivity index (χ2n) is 6.77. The molecule has 2 N–H and O–H groups in total. The molecule has 0 amide bonds. The third-order valence-corrected chi connectivity index (χ3v) is 3.72. The summed E-state index contributed by atoms with van der Waals surface area (Å²) in [5.41, 5.74) is 0.618. The van der Waals surface area contributed by atoms with Gasteiger partial charge in [0.25, 0.3) is 0 Å². The molecule has 1 aromatic carbocycles. The van der Waals surface area contributed by atoms with Crippen molar-refractivity contribution in [3.05, 3.63) is 29.0 Å². The second-order valence-corrected chi connectivity index (χ2v) is 7.20. The Morgan fingerprint density at radius 2 is 1.79 bits per heavy atom. The number of benzene rings is 1. The van der Waals surface area contributed by atoms with Gasteiger partial charge >= 0.3 is 0 Å². The van der Waals surface area contributed by atoms with Crippen molar-refractivity contribution in [3.8, 4) is 0 Å². The average Bonchev–Trinajstić information content (AvgIpc) is 2.17. The van der Waals surface area contributed by atoms with Crippen molar-refractivity contribution in [2.45, 2.75) is 57.7 Å². The number of anilines is 1. The van der Waals surface area contributed by atoms with Crippen LogP contribution in [0.25, 0.3) is 0 Å². The molecule has 2 nitrogen and oxygen atoms in total. The van der Waals surface area contributed by atoms with E-state index in [-0.39, 0.29) is 22.9 Å².